The Hall–Kier alpha value is -1.71. The maximum Gasteiger partial charge on any atom is 0.259 e. The summed E-state index contributed by atoms with van der Waals surface area (Å²) in [6, 6.07) is 5.18. The summed E-state index contributed by atoms with van der Waals surface area (Å²) in [5.74, 6) is 0.396. The van der Waals surface area contributed by atoms with Gasteiger partial charge in [-0.15, -0.1) is 0 Å². The van der Waals surface area contributed by atoms with Crippen molar-refractivity contribution < 1.29 is 9.53 Å². The van der Waals surface area contributed by atoms with Crippen molar-refractivity contribution in [1.29, 1.82) is 0 Å². The van der Waals surface area contributed by atoms with Crippen LogP contribution in [0.15, 0.2) is 18.2 Å². The molecule has 0 aliphatic carbocycles. The predicted octanol–water partition coefficient (Wildman–Crippen LogP) is 1.37. The fourth-order valence-electron chi connectivity index (χ4n) is 1.28. The first kappa shape index (κ1) is 11.4. The first-order valence-electron chi connectivity index (χ1n) is 4.79. The molecule has 1 amide bonds. The van der Waals surface area contributed by atoms with Crippen molar-refractivity contribution in [2.75, 3.05) is 26.4 Å². The summed E-state index contributed by atoms with van der Waals surface area (Å²) < 4.78 is 5.11. The lowest BCUT2D eigenvalue weighted by Crippen LogP contribution is -2.27. The fraction of sp³-hybridized carbons (Fsp3) is 0.364. The van der Waals surface area contributed by atoms with E-state index in [1.807, 2.05) is 6.92 Å². The van der Waals surface area contributed by atoms with E-state index < -0.39 is 0 Å². The number of rotatable bonds is 3. The van der Waals surface area contributed by atoms with Gasteiger partial charge in [0.25, 0.3) is 5.91 Å². The number of carbonyl (C=O) groups excluding carboxylic acids is 1. The Bertz CT molecular complexity index is 364. The first-order valence-corrected chi connectivity index (χ1v) is 4.79. The number of methoxy groups -OCH3 is 1. The van der Waals surface area contributed by atoms with E-state index in [0.717, 1.165) is 0 Å². The van der Waals surface area contributed by atoms with Gasteiger partial charge >= 0.3 is 0 Å². The lowest BCUT2D eigenvalue weighted by Gasteiger charge is -2.17. The highest BCUT2D eigenvalue weighted by atomic mass is 16.5. The second-order valence-corrected chi connectivity index (χ2v) is 3.24. The minimum atomic E-state index is -0.118. The highest BCUT2D eigenvalue weighted by Gasteiger charge is 2.18. The zero-order chi connectivity index (χ0) is 11.4. The van der Waals surface area contributed by atoms with Crippen LogP contribution in [0, 0.1) is 0 Å². The van der Waals surface area contributed by atoms with E-state index in [2.05, 4.69) is 0 Å². The van der Waals surface area contributed by atoms with Crippen LogP contribution in [0.2, 0.25) is 0 Å². The molecule has 1 aromatic rings. The summed E-state index contributed by atoms with van der Waals surface area (Å²) in [4.78, 5) is 13.5. The van der Waals surface area contributed by atoms with Crippen LogP contribution < -0.4 is 10.5 Å². The highest BCUT2D eigenvalue weighted by Crippen LogP contribution is 2.25. The summed E-state index contributed by atoms with van der Waals surface area (Å²) >= 11 is 0. The summed E-state index contributed by atoms with van der Waals surface area (Å²) in [6.45, 7) is 2.54. The summed E-state index contributed by atoms with van der Waals surface area (Å²) in [5, 5.41) is 0. The van der Waals surface area contributed by atoms with Gasteiger partial charge in [-0.1, -0.05) is 6.07 Å². The number of nitrogen functional groups attached to an aromatic ring is 1. The number of hydrogen-bond acceptors (Lipinski definition) is 3. The third-order valence-electron chi connectivity index (χ3n) is 2.31. The normalized spacial score (nSPS) is 9.80. The van der Waals surface area contributed by atoms with Gasteiger partial charge in [0.15, 0.2) is 0 Å². The van der Waals surface area contributed by atoms with Gasteiger partial charge in [-0.25, -0.2) is 0 Å². The lowest BCUT2D eigenvalue weighted by atomic mass is 10.1. The van der Waals surface area contributed by atoms with Crippen LogP contribution >= 0.6 is 0 Å². The van der Waals surface area contributed by atoms with Gasteiger partial charge in [0.05, 0.1) is 7.11 Å². The molecule has 2 N–H and O–H groups in total. The molecule has 4 heteroatoms. The number of benzene rings is 1. The summed E-state index contributed by atoms with van der Waals surface area (Å²) in [6.07, 6.45) is 0. The molecule has 0 aliphatic rings. The largest absolute Gasteiger partial charge is 0.496 e. The highest BCUT2D eigenvalue weighted by molar-refractivity contribution is 6.01. The van der Waals surface area contributed by atoms with Crippen molar-refractivity contribution >= 4 is 11.6 Å². The van der Waals surface area contributed by atoms with E-state index in [1.165, 1.54) is 7.11 Å². The molecule has 0 saturated heterocycles. The molecule has 0 fully saturated rings. The standard InChI is InChI=1S/C11H16N2O2/c1-4-13(2)11(14)10-8(12)6-5-7-9(10)15-3/h5-7H,4,12H2,1-3H3. The molecule has 0 atom stereocenters. The quantitative estimate of drug-likeness (QED) is 0.763. The van der Waals surface area contributed by atoms with Gasteiger partial charge in [0, 0.05) is 19.3 Å². The molecule has 0 unspecified atom stereocenters. The Balaban J connectivity index is 3.17. The van der Waals surface area contributed by atoms with E-state index >= 15 is 0 Å². The van der Waals surface area contributed by atoms with Gasteiger partial charge in [-0.05, 0) is 19.1 Å². The smallest absolute Gasteiger partial charge is 0.259 e. The lowest BCUT2D eigenvalue weighted by molar-refractivity contribution is 0.0800. The summed E-state index contributed by atoms with van der Waals surface area (Å²) in [7, 11) is 3.26. The van der Waals surface area contributed by atoms with Crippen LogP contribution in [-0.2, 0) is 0 Å². The average molecular weight is 208 g/mol. The monoisotopic (exact) mass is 208 g/mol. The van der Waals surface area contributed by atoms with Crippen molar-refractivity contribution in [2.24, 2.45) is 0 Å². The topological polar surface area (TPSA) is 55.6 Å². The SMILES string of the molecule is CCN(C)C(=O)c1c(N)cccc1OC. The van der Waals surface area contributed by atoms with Gasteiger partial charge in [0.2, 0.25) is 0 Å². The fourth-order valence-corrected chi connectivity index (χ4v) is 1.28. The van der Waals surface area contributed by atoms with Gasteiger partial charge < -0.3 is 15.4 Å². The van der Waals surface area contributed by atoms with Gasteiger partial charge in [0.1, 0.15) is 11.3 Å². The molecular formula is C11H16N2O2. The van der Waals surface area contributed by atoms with E-state index in [4.69, 9.17) is 10.5 Å². The Morgan fingerprint density at radius 2 is 2.20 bits per heavy atom. The minimum absolute atomic E-state index is 0.118. The minimum Gasteiger partial charge on any atom is -0.496 e. The van der Waals surface area contributed by atoms with Crippen molar-refractivity contribution in [1.82, 2.24) is 4.90 Å². The number of carbonyl (C=O) groups is 1. The Labute approximate surface area is 89.6 Å². The second-order valence-electron chi connectivity index (χ2n) is 3.24. The molecular weight excluding hydrogens is 192 g/mol. The van der Waals surface area contributed by atoms with Crippen LogP contribution in [0.5, 0.6) is 5.75 Å². The molecule has 1 aromatic carbocycles. The Morgan fingerprint density at radius 1 is 1.53 bits per heavy atom. The molecule has 0 saturated carbocycles. The number of nitrogens with zero attached hydrogens (tertiary/aromatic N) is 1. The number of amides is 1. The van der Waals surface area contributed by atoms with Gasteiger partial charge in [-0.3, -0.25) is 4.79 Å². The van der Waals surface area contributed by atoms with Crippen LogP contribution in [-0.4, -0.2) is 31.5 Å². The molecule has 82 valence electrons. The van der Waals surface area contributed by atoms with E-state index in [1.54, 1.807) is 30.1 Å². The van der Waals surface area contributed by atoms with Crippen LogP contribution in [0.1, 0.15) is 17.3 Å². The molecule has 0 radical (unpaired) electrons. The van der Waals surface area contributed by atoms with Crippen LogP contribution in [0.25, 0.3) is 0 Å². The summed E-state index contributed by atoms with van der Waals surface area (Å²) in [5.41, 5.74) is 6.64. The van der Waals surface area contributed by atoms with Gasteiger partial charge in [-0.2, -0.15) is 0 Å². The zero-order valence-corrected chi connectivity index (χ0v) is 9.28. The molecule has 0 heterocycles. The van der Waals surface area contributed by atoms with Crippen molar-refractivity contribution in [3.05, 3.63) is 23.8 Å². The number of nitrogens with two attached hydrogens (primary N) is 1. The van der Waals surface area contributed by atoms with E-state index in [-0.39, 0.29) is 5.91 Å². The van der Waals surface area contributed by atoms with E-state index in [0.29, 0.717) is 23.5 Å². The van der Waals surface area contributed by atoms with Crippen molar-refractivity contribution in [2.45, 2.75) is 6.92 Å². The van der Waals surface area contributed by atoms with Crippen LogP contribution in [0.3, 0.4) is 0 Å². The number of ether oxygens (including phenoxy) is 1. The number of hydrogen-bond donors (Lipinski definition) is 1. The third kappa shape index (κ3) is 2.21. The van der Waals surface area contributed by atoms with Crippen LogP contribution in [0.4, 0.5) is 5.69 Å². The molecule has 0 aromatic heterocycles. The maximum absolute atomic E-state index is 11.9. The predicted molar refractivity (Wildman–Crippen MR) is 60.0 cm³/mol. The number of anilines is 1. The molecule has 0 spiro atoms. The average Bonchev–Trinajstić information content (AvgIpc) is 2.26. The Kier molecular flexibility index (Phi) is 3.55. The van der Waals surface area contributed by atoms with E-state index in [9.17, 15) is 4.79 Å². The zero-order valence-electron chi connectivity index (χ0n) is 9.28. The first-order chi connectivity index (χ1) is 7.11. The van der Waals surface area contributed by atoms with Crippen molar-refractivity contribution in [3.8, 4) is 5.75 Å². The third-order valence-corrected chi connectivity index (χ3v) is 2.31. The second kappa shape index (κ2) is 4.68. The molecule has 0 bridgehead atoms. The molecule has 0 aliphatic heterocycles. The molecule has 4 nitrogen and oxygen atoms in total. The van der Waals surface area contributed by atoms with Crippen molar-refractivity contribution in [3.63, 3.8) is 0 Å². The molecule has 15 heavy (non-hydrogen) atoms. The maximum atomic E-state index is 11.9. The molecule has 1 rings (SSSR count). The Morgan fingerprint density at radius 3 is 2.73 bits per heavy atom.